The van der Waals surface area contributed by atoms with Gasteiger partial charge in [0.2, 0.25) is 10.7 Å². The average molecular weight is 290 g/mol. The molecule has 106 valence electrons. The molecular formula is C14H18N4OS. The number of ether oxygens (including phenoxy) is 1. The smallest absolute Gasteiger partial charge is 0.231 e. The van der Waals surface area contributed by atoms with Gasteiger partial charge in [0.05, 0.1) is 24.4 Å². The summed E-state index contributed by atoms with van der Waals surface area (Å²) in [5.74, 6) is 0.842. The summed E-state index contributed by atoms with van der Waals surface area (Å²) in [5.41, 5.74) is 0.912. The Balaban J connectivity index is 2.10. The number of benzene rings is 1. The molecule has 0 spiro atoms. The van der Waals surface area contributed by atoms with Crippen LogP contribution in [0.1, 0.15) is 13.8 Å². The number of aromatic nitrogens is 3. The van der Waals surface area contributed by atoms with Crippen LogP contribution in [-0.2, 0) is 4.74 Å². The van der Waals surface area contributed by atoms with Gasteiger partial charge in [0.25, 0.3) is 0 Å². The highest BCUT2D eigenvalue weighted by Gasteiger charge is 2.33. The number of hydrogen-bond acceptors (Lipinski definition) is 4. The van der Waals surface area contributed by atoms with E-state index < -0.39 is 0 Å². The summed E-state index contributed by atoms with van der Waals surface area (Å²) in [4.78, 5) is 2.25. The minimum absolute atomic E-state index is 0.105. The van der Waals surface area contributed by atoms with Crippen molar-refractivity contribution in [3.63, 3.8) is 0 Å². The van der Waals surface area contributed by atoms with E-state index in [1.54, 1.807) is 0 Å². The molecule has 0 bridgehead atoms. The third-order valence-corrected chi connectivity index (χ3v) is 3.83. The number of rotatable bonds is 2. The van der Waals surface area contributed by atoms with Crippen LogP contribution in [0.4, 0.5) is 5.95 Å². The second kappa shape index (κ2) is 5.03. The summed E-state index contributed by atoms with van der Waals surface area (Å²) < 4.78 is 8.15. The quantitative estimate of drug-likeness (QED) is 0.863. The molecular weight excluding hydrogens is 272 g/mol. The van der Waals surface area contributed by atoms with Crippen molar-refractivity contribution in [1.82, 2.24) is 14.8 Å². The predicted octanol–water partition coefficient (Wildman–Crippen LogP) is 2.55. The molecule has 1 aliphatic rings. The van der Waals surface area contributed by atoms with Gasteiger partial charge in [-0.15, -0.1) is 5.10 Å². The molecule has 6 heteroatoms. The van der Waals surface area contributed by atoms with Gasteiger partial charge >= 0.3 is 0 Å². The molecule has 1 aliphatic heterocycles. The number of anilines is 1. The molecule has 2 heterocycles. The van der Waals surface area contributed by atoms with Crippen LogP contribution >= 0.6 is 12.2 Å². The number of nitrogens with one attached hydrogen (secondary N) is 1. The van der Waals surface area contributed by atoms with Crippen LogP contribution in [0.3, 0.4) is 0 Å². The second-order valence-corrected chi connectivity index (χ2v) is 5.90. The Kier molecular flexibility index (Phi) is 3.35. The summed E-state index contributed by atoms with van der Waals surface area (Å²) in [6, 6.07) is 10.0. The minimum Gasteiger partial charge on any atom is -0.377 e. The van der Waals surface area contributed by atoms with Crippen molar-refractivity contribution < 1.29 is 4.74 Å². The van der Waals surface area contributed by atoms with Gasteiger partial charge in [-0.25, -0.2) is 5.10 Å². The fourth-order valence-corrected chi connectivity index (χ4v) is 2.74. The van der Waals surface area contributed by atoms with Gasteiger partial charge in [-0.1, -0.05) is 18.2 Å². The number of H-pyrrole nitrogens is 1. The first-order valence-electron chi connectivity index (χ1n) is 6.68. The first-order valence-corrected chi connectivity index (χ1v) is 7.09. The molecule has 1 N–H and O–H groups in total. The molecule has 20 heavy (non-hydrogen) atoms. The Morgan fingerprint density at radius 3 is 2.75 bits per heavy atom. The van der Waals surface area contributed by atoms with Crippen molar-refractivity contribution in [3.8, 4) is 5.69 Å². The van der Waals surface area contributed by atoms with Crippen molar-refractivity contribution in [2.24, 2.45) is 0 Å². The lowest BCUT2D eigenvalue weighted by atomic mass is 10.0. The average Bonchev–Trinajstić information content (AvgIpc) is 2.81. The third kappa shape index (κ3) is 2.25. The summed E-state index contributed by atoms with van der Waals surface area (Å²) in [6.45, 7) is 6.50. The van der Waals surface area contributed by atoms with Gasteiger partial charge in [-0.3, -0.25) is 4.57 Å². The molecule has 1 saturated heterocycles. The van der Waals surface area contributed by atoms with E-state index in [-0.39, 0.29) is 5.54 Å². The first kappa shape index (κ1) is 13.3. The van der Waals surface area contributed by atoms with Gasteiger partial charge in [0.15, 0.2) is 0 Å². The fraction of sp³-hybridized carbons (Fsp3) is 0.429. The molecule has 3 rings (SSSR count). The van der Waals surface area contributed by atoms with E-state index in [0.29, 0.717) is 18.0 Å². The Bertz CT molecular complexity index is 647. The summed E-state index contributed by atoms with van der Waals surface area (Å²) in [7, 11) is 0. The lowest BCUT2D eigenvalue weighted by molar-refractivity contribution is 0.0632. The Labute approximate surface area is 123 Å². The number of hydrogen-bond donors (Lipinski definition) is 1. The summed E-state index contributed by atoms with van der Waals surface area (Å²) in [5, 5.41) is 7.33. The molecule has 0 atom stereocenters. The SMILES string of the molecule is CC1(C)COCCN1c1n[nH]c(=S)n1-c1ccccc1. The highest BCUT2D eigenvalue weighted by atomic mass is 32.1. The molecule has 0 radical (unpaired) electrons. The highest BCUT2D eigenvalue weighted by molar-refractivity contribution is 7.71. The largest absolute Gasteiger partial charge is 0.377 e. The monoisotopic (exact) mass is 290 g/mol. The maximum atomic E-state index is 5.57. The van der Waals surface area contributed by atoms with E-state index in [4.69, 9.17) is 17.0 Å². The maximum Gasteiger partial charge on any atom is 0.231 e. The topological polar surface area (TPSA) is 46.1 Å². The van der Waals surface area contributed by atoms with Crippen LogP contribution in [0.2, 0.25) is 0 Å². The van der Waals surface area contributed by atoms with Gasteiger partial charge in [-0.05, 0) is 38.2 Å². The molecule has 1 aromatic carbocycles. The molecule has 1 aromatic heterocycles. The van der Waals surface area contributed by atoms with Crippen molar-refractivity contribution in [3.05, 3.63) is 35.1 Å². The van der Waals surface area contributed by atoms with Crippen LogP contribution in [0.15, 0.2) is 30.3 Å². The molecule has 0 amide bonds. The number of para-hydroxylation sites is 1. The molecule has 2 aromatic rings. The van der Waals surface area contributed by atoms with Crippen LogP contribution < -0.4 is 4.90 Å². The van der Waals surface area contributed by atoms with Gasteiger partial charge in [0, 0.05) is 6.54 Å². The lowest BCUT2D eigenvalue weighted by Gasteiger charge is -2.42. The van der Waals surface area contributed by atoms with Crippen molar-refractivity contribution in [2.45, 2.75) is 19.4 Å². The van der Waals surface area contributed by atoms with Crippen LogP contribution in [0.25, 0.3) is 5.69 Å². The number of nitrogens with zero attached hydrogens (tertiary/aromatic N) is 3. The van der Waals surface area contributed by atoms with Crippen molar-refractivity contribution in [2.75, 3.05) is 24.7 Å². The Morgan fingerprint density at radius 2 is 2.05 bits per heavy atom. The highest BCUT2D eigenvalue weighted by Crippen LogP contribution is 2.27. The molecule has 0 saturated carbocycles. The molecule has 1 fully saturated rings. The van der Waals surface area contributed by atoms with E-state index in [9.17, 15) is 0 Å². The van der Waals surface area contributed by atoms with Crippen LogP contribution in [0.5, 0.6) is 0 Å². The Morgan fingerprint density at radius 1 is 1.30 bits per heavy atom. The first-order chi connectivity index (χ1) is 9.59. The van der Waals surface area contributed by atoms with E-state index in [1.165, 1.54) is 0 Å². The van der Waals surface area contributed by atoms with Crippen molar-refractivity contribution in [1.29, 1.82) is 0 Å². The molecule has 0 aliphatic carbocycles. The maximum absolute atomic E-state index is 5.57. The zero-order chi connectivity index (χ0) is 14.2. The van der Waals surface area contributed by atoms with Gasteiger partial charge in [-0.2, -0.15) is 0 Å². The van der Waals surface area contributed by atoms with E-state index >= 15 is 0 Å². The van der Waals surface area contributed by atoms with Crippen LogP contribution in [0, 0.1) is 4.77 Å². The summed E-state index contributed by atoms with van der Waals surface area (Å²) in [6.07, 6.45) is 0. The fourth-order valence-electron chi connectivity index (χ4n) is 2.51. The molecule has 5 nitrogen and oxygen atoms in total. The zero-order valence-electron chi connectivity index (χ0n) is 11.7. The normalized spacial score (nSPS) is 18.2. The van der Waals surface area contributed by atoms with Gasteiger partial charge in [0.1, 0.15) is 0 Å². The second-order valence-electron chi connectivity index (χ2n) is 5.52. The zero-order valence-corrected chi connectivity index (χ0v) is 12.5. The molecule has 0 unspecified atom stereocenters. The van der Waals surface area contributed by atoms with Crippen LogP contribution in [-0.4, -0.2) is 40.1 Å². The van der Waals surface area contributed by atoms with Crippen molar-refractivity contribution >= 4 is 18.2 Å². The summed E-state index contributed by atoms with van der Waals surface area (Å²) >= 11 is 5.39. The standard InChI is InChI=1S/C14H18N4OS/c1-14(2)10-19-9-8-17(14)12-15-16-13(20)18(12)11-6-4-3-5-7-11/h3-7H,8-10H2,1-2H3,(H,16,20). The number of morpholine rings is 1. The van der Waals surface area contributed by atoms with Gasteiger partial charge < -0.3 is 9.64 Å². The Hall–Kier alpha value is -1.66. The van der Waals surface area contributed by atoms with E-state index in [2.05, 4.69) is 28.9 Å². The third-order valence-electron chi connectivity index (χ3n) is 3.56. The number of aromatic amines is 1. The van der Waals surface area contributed by atoms with E-state index in [1.807, 2.05) is 34.9 Å². The lowest BCUT2D eigenvalue weighted by Crippen LogP contribution is -2.54. The van der Waals surface area contributed by atoms with E-state index in [0.717, 1.165) is 18.2 Å². The predicted molar refractivity (Wildman–Crippen MR) is 81.0 cm³/mol. The minimum atomic E-state index is -0.105.